The molecule has 0 aliphatic rings. The van der Waals surface area contributed by atoms with Crippen molar-refractivity contribution in [1.82, 2.24) is 15.0 Å². The molecule has 148 valence electrons. The van der Waals surface area contributed by atoms with Crippen molar-refractivity contribution >= 4 is 19.4 Å². The van der Waals surface area contributed by atoms with Gasteiger partial charge < -0.3 is 9.16 Å². The molecule has 1 heterocycles. The van der Waals surface area contributed by atoms with E-state index >= 15 is 0 Å². The molecule has 5 nitrogen and oxygen atoms in total. The van der Waals surface area contributed by atoms with Crippen LogP contribution in [0.15, 0.2) is 67.3 Å². The molecule has 0 bridgehead atoms. The summed E-state index contributed by atoms with van der Waals surface area (Å²) in [6.07, 6.45) is 1.80. The fraction of sp³-hybridized carbons (Fsp3) is 0.364. The van der Waals surface area contributed by atoms with E-state index in [0.29, 0.717) is 6.61 Å². The zero-order valence-corrected chi connectivity index (χ0v) is 18.3. The highest BCUT2D eigenvalue weighted by atomic mass is 28.4. The van der Waals surface area contributed by atoms with Crippen molar-refractivity contribution in [2.75, 3.05) is 6.61 Å². The summed E-state index contributed by atoms with van der Waals surface area (Å²) in [5.74, 6) is 0. The monoisotopic (exact) mass is 395 g/mol. The van der Waals surface area contributed by atoms with Gasteiger partial charge in [0.05, 0.1) is 5.52 Å². The fourth-order valence-corrected chi connectivity index (χ4v) is 5.27. The van der Waals surface area contributed by atoms with Crippen LogP contribution in [0.1, 0.15) is 19.4 Å². The van der Waals surface area contributed by atoms with Crippen LogP contribution in [-0.2, 0) is 20.5 Å². The van der Waals surface area contributed by atoms with Gasteiger partial charge in [-0.05, 0) is 57.3 Å². The van der Waals surface area contributed by atoms with E-state index in [1.165, 1.54) is 0 Å². The lowest BCUT2D eigenvalue weighted by atomic mass is 9.84. The molecule has 3 aromatic rings. The SMILES string of the molecule is C=CC(OCC)(n1nnc2ccccc21)C(C)(O[Si](C)(C)C)c1ccccc1. The summed E-state index contributed by atoms with van der Waals surface area (Å²) >= 11 is 0. The summed E-state index contributed by atoms with van der Waals surface area (Å²) in [7, 11) is -2.00. The molecule has 0 aliphatic carbocycles. The van der Waals surface area contributed by atoms with Gasteiger partial charge in [0.25, 0.3) is 0 Å². The topological polar surface area (TPSA) is 49.2 Å². The molecule has 0 fully saturated rings. The van der Waals surface area contributed by atoms with Gasteiger partial charge >= 0.3 is 0 Å². The average molecular weight is 396 g/mol. The van der Waals surface area contributed by atoms with Gasteiger partial charge in [-0.25, -0.2) is 4.68 Å². The zero-order chi connectivity index (χ0) is 20.4. The Morgan fingerprint density at radius 3 is 2.32 bits per heavy atom. The number of hydrogen-bond acceptors (Lipinski definition) is 4. The maximum absolute atomic E-state index is 6.85. The molecule has 3 rings (SSSR count). The Hall–Kier alpha value is -2.28. The van der Waals surface area contributed by atoms with E-state index in [1.807, 2.05) is 54.1 Å². The van der Waals surface area contributed by atoms with Crippen LogP contribution in [0.4, 0.5) is 0 Å². The van der Waals surface area contributed by atoms with Crippen LogP contribution in [0, 0.1) is 0 Å². The number of fused-ring (bicyclic) bond motifs is 1. The summed E-state index contributed by atoms with van der Waals surface area (Å²) in [5, 5.41) is 8.84. The minimum absolute atomic E-state index is 0.470. The molecule has 0 N–H and O–H groups in total. The molecule has 0 saturated carbocycles. The van der Waals surface area contributed by atoms with E-state index in [0.717, 1.165) is 16.6 Å². The average Bonchev–Trinajstić information content (AvgIpc) is 3.10. The number of aromatic nitrogens is 3. The first kappa shape index (κ1) is 20.5. The molecule has 0 saturated heterocycles. The summed E-state index contributed by atoms with van der Waals surface area (Å²) < 4.78 is 15.1. The van der Waals surface area contributed by atoms with Gasteiger partial charge in [-0.3, -0.25) is 0 Å². The van der Waals surface area contributed by atoms with Crippen LogP contribution < -0.4 is 0 Å². The summed E-state index contributed by atoms with van der Waals surface area (Å²) in [6, 6.07) is 18.0. The molecule has 2 unspecified atom stereocenters. The van der Waals surface area contributed by atoms with Crippen molar-refractivity contribution < 1.29 is 9.16 Å². The lowest BCUT2D eigenvalue weighted by Gasteiger charge is -2.49. The summed E-state index contributed by atoms with van der Waals surface area (Å²) in [6.45, 7) is 15.2. The Balaban J connectivity index is 2.34. The fourth-order valence-electron chi connectivity index (χ4n) is 3.78. The van der Waals surface area contributed by atoms with Crippen molar-refractivity contribution in [2.24, 2.45) is 0 Å². The van der Waals surface area contributed by atoms with E-state index in [1.54, 1.807) is 6.08 Å². The van der Waals surface area contributed by atoms with Crippen LogP contribution >= 0.6 is 0 Å². The molecule has 0 radical (unpaired) electrons. The molecule has 2 aromatic carbocycles. The maximum atomic E-state index is 6.85. The Bertz CT molecular complexity index is 951. The standard InChI is InChI=1S/C22H29N3O2Si/c1-7-22(26-8-2,25-20-17-13-12-16-19(20)23-24-25)21(3,27-28(4,5)6)18-14-10-9-11-15-18/h7,9-17H,1,8H2,2-6H3. The van der Waals surface area contributed by atoms with Crippen molar-refractivity contribution in [2.45, 2.75) is 44.8 Å². The Morgan fingerprint density at radius 1 is 1.07 bits per heavy atom. The van der Waals surface area contributed by atoms with E-state index in [-0.39, 0.29) is 0 Å². The Labute approximate surface area is 168 Å². The van der Waals surface area contributed by atoms with E-state index in [2.05, 4.69) is 55.6 Å². The summed E-state index contributed by atoms with van der Waals surface area (Å²) in [5.41, 5.74) is 0.756. The zero-order valence-electron chi connectivity index (χ0n) is 17.3. The number of hydrogen-bond donors (Lipinski definition) is 0. The van der Waals surface area contributed by atoms with E-state index in [9.17, 15) is 0 Å². The highest BCUT2D eigenvalue weighted by Crippen LogP contribution is 2.46. The van der Waals surface area contributed by atoms with Gasteiger partial charge in [-0.1, -0.05) is 54.3 Å². The number of ether oxygens (including phenoxy) is 1. The highest BCUT2D eigenvalue weighted by molar-refractivity contribution is 6.69. The van der Waals surface area contributed by atoms with Crippen molar-refractivity contribution in [3.05, 3.63) is 72.8 Å². The van der Waals surface area contributed by atoms with Gasteiger partial charge in [0.15, 0.2) is 8.32 Å². The maximum Gasteiger partial charge on any atom is 0.213 e. The molecular formula is C22H29N3O2Si. The Morgan fingerprint density at radius 2 is 1.71 bits per heavy atom. The van der Waals surface area contributed by atoms with Crippen LogP contribution in [0.2, 0.25) is 19.6 Å². The third-order valence-electron chi connectivity index (χ3n) is 4.83. The largest absolute Gasteiger partial charge is 0.403 e. The Kier molecular flexibility index (Phi) is 5.57. The lowest BCUT2D eigenvalue weighted by Crippen LogP contribution is -2.57. The minimum Gasteiger partial charge on any atom is -0.403 e. The number of benzene rings is 2. The predicted octanol–water partition coefficient (Wildman–Crippen LogP) is 5.07. The second-order valence-corrected chi connectivity index (χ2v) is 12.4. The van der Waals surface area contributed by atoms with Crippen LogP contribution in [0.5, 0.6) is 0 Å². The minimum atomic E-state index is -2.00. The first-order chi connectivity index (χ1) is 13.3. The molecule has 28 heavy (non-hydrogen) atoms. The number of nitrogens with zero attached hydrogens (tertiary/aromatic N) is 3. The third-order valence-corrected chi connectivity index (χ3v) is 5.85. The van der Waals surface area contributed by atoms with E-state index in [4.69, 9.17) is 9.16 Å². The van der Waals surface area contributed by atoms with Crippen molar-refractivity contribution in [1.29, 1.82) is 0 Å². The van der Waals surface area contributed by atoms with Crippen molar-refractivity contribution in [3.8, 4) is 0 Å². The summed E-state index contributed by atoms with van der Waals surface area (Å²) in [4.78, 5) is 0. The quantitative estimate of drug-likeness (QED) is 0.394. The lowest BCUT2D eigenvalue weighted by molar-refractivity contribution is -0.195. The van der Waals surface area contributed by atoms with Gasteiger partial charge in [0.1, 0.15) is 11.1 Å². The predicted molar refractivity (Wildman–Crippen MR) is 116 cm³/mol. The molecule has 0 aliphatic heterocycles. The second-order valence-electron chi connectivity index (χ2n) is 7.94. The van der Waals surface area contributed by atoms with Crippen molar-refractivity contribution in [3.63, 3.8) is 0 Å². The van der Waals surface area contributed by atoms with Crippen LogP contribution in [-0.4, -0.2) is 29.9 Å². The number of para-hydroxylation sites is 1. The molecular weight excluding hydrogens is 366 g/mol. The second kappa shape index (κ2) is 7.62. The molecule has 0 spiro atoms. The highest BCUT2D eigenvalue weighted by Gasteiger charge is 2.54. The number of rotatable bonds is 8. The molecule has 6 heteroatoms. The van der Waals surface area contributed by atoms with Crippen LogP contribution in [0.25, 0.3) is 11.0 Å². The third kappa shape index (κ3) is 3.43. The molecule has 2 atom stereocenters. The normalized spacial score (nSPS) is 16.5. The first-order valence-corrected chi connectivity index (χ1v) is 13.0. The first-order valence-electron chi connectivity index (χ1n) is 9.61. The van der Waals surface area contributed by atoms with Gasteiger partial charge in [0.2, 0.25) is 5.72 Å². The molecule has 0 amide bonds. The van der Waals surface area contributed by atoms with E-state index < -0.39 is 19.6 Å². The smallest absolute Gasteiger partial charge is 0.213 e. The van der Waals surface area contributed by atoms with Gasteiger partial charge in [0, 0.05) is 6.61 Å². The van der Waals surface area contributed by atoms with Gasteiger partial charge in [-0.15, -0.1) is 5.10 Å². The molecule has 1 aromatic heterocycles. The van der Waals surface area contributed by atoms with Gasteiger partial charge in [-0.2, -0.15) is 0 Å². The van der Waals surface area contributed by atoms with Crippen LogP contribution in [0.3, 0.4) is 0 Å².